The number of hydrogen-bond acceptors (Lipinski definition) is 2. The largest absolute Gasteiger partial charge is 0.327 e. The minimum atomic E-state index is 0.198. The van der Waals surface area contributed by atoms with E-state index in [9.17, 15) is 0 Å². The van der Waals surface area contributed by atoms with E-state index in [1.165, 1.54) is 16.7 Å². The van der Waals surface area contributed by atoms with Crippen LogP contribution in [0.1, 0.15) is 16.7 Å². The number of benzene rings is 1. The van der Waals surface area contributed by atoms with Crippen molar-refractivity contribution in [1.29, 1.82) is 0 Å². The third kappa shape index (κ3) is 2.88. The van der Waals surface area contributed by atoms with Crippen molar-refractivity contribution in [1.82, 2.24) is 4.98 Å². The summed E-state index contributed by atoms with van der Waals surface area (Å²) >= 11 is 3.46. The minimum Gasteiger partial charge on any atom is -0.327 e. The van der Waals surface area contributed by atoms with Crippen molar-refractivity contribution in [3.05, 3.63) is 63.9 Å². The predicted molar refractivity (Wildman–Crippen MR) is 81.0 cm³/mol. The first kappa shape index (κ1) is 12.8. The third-order valence-corrected chi connectivity index (χ3v) is 4.35. The van der Waals surface area contributed by atoms with E-state index >= 15 is 0 Å². The van der Waals surface area contributed by atoms with Crippen LogP contribution in [0.15, 0.2) is 47.2 Å². The Kier molecular flexibility index (Phi) is 3.67. The summed E-state index contributed by atoms with van der Waals surface area (Å²) in [5.41, 5.74) is 10.5. The van der Waals surface area contributed by atoms with Crippen molar-refractivity contribution in [2.24, 2.45) is 11.7 Å². The fraction of sp³-hybridized carbons (Fsp3) is 0.312. The van der Waals surface area contributed by atoms with Gasteiger partial charge in [-0.15, -0.1) is 0 Å². The van der Waals surface area contributed by atoms with Crippen molar-refractivity contribution in [2.75, 3.05) is 0 Å². The summed E-state index contributed by atoms with van der Waals surface area (Å²) in [6, 6.07) is 11.0. The van der Waals surface area contributed by atoms with Crippen LogP contribution in [-0.4, -0.2) is 11.0 Å². The monoisotopic (exact) mass is 316 g/mol. The van der Waals surface area contributed by atoms with Gasteiger partial charge in [0.25, 0.3) is 0 Å². The standard InChI is InChI=1S/C16H17BrN2/c17-15-5-11(9-19-10-15)6-16(18)14-7-12-3-1-2-4-13(12)8-14/h1-5,9-10,14,16H,6-8,18H2. The van der Waals surface area contributed by atoms with Crippen LogP contribution in [0.25, 0.3) is 0 Å². The van der Waals surface area contributed by atoms with Crippen molar-refractivity contribution in [2.45, 2.75) is 25.3 Å². The fourth-order valence-corrected chi connectivity index (χ4v) is 3.31. The third-order valence-electron chi connectivity index (χ3n) is 3.92. The van der Waals surface area contributed by atoms with E-state index in [1.807, 2.05) is 6.20 Å². The molecule has 1 heterocycles. The Morgan fingerprint density at radius 3 is 2.53 bits per heavy atom. The Morgan fingerprint density at radius 2 is 1.89 bits per heavy atom. The van der Waals surface area contributed by atoms with Gasteiger partial charge in [0.2, 0.25) is 0 Å². The Labute approximate surface area is 122 Å². The van der Waals surface area contributed by atoms with Crippen LogP contribution in [0.5, 0.6) is 0 Å². The molecule has 1 unspecified atom stereocenters. The van der Waals surface area contributed by atoms with Crippen molar-refractivity contribution in [3.8, 4) is 0 Å². The molecule has 1 aliphatic rings. The molecule has 1 aromatic heterocycles. The molecule has 3 heteroatoms. The number of halogens is 1. The molecule has 0 saturated heterocycles. The predicted octanol–water partition coefficient (Wildman–Crippen LogP) is 3.13. The molecule has 0 fully saturated rings. The van der Waals surface area contributed by atoms with Crippen LogP contribution < -0.4 is 5.73 Å². The summed E-state index contributed by atoms with van der Waals surface area (Å²) in [4.78, 5) is 4.20. The second-order valence-corrected chi connectivity index (χ2v) is 6.23. The van der Waals surface area contributed by atoms with Gasteiger partial charge < -0.3 is 5.73 Å². The van der Waals surface area contributed by atoms with Crippen LogP contribution >= 0.6 is 15.9 Å². The molecule has 19 heavy (non-hydrogen) atoms. The molecule has 0 spiro atoms. The minimum absolute atomic E-state index is 0.198. The molecule has 0 radical (unpaired) electrons. The van der Waals surface area contributed by atoms with Gasteiger partial charge in [-0.05, 0) is 63.9 Å². The Hall–Kier alpha value is -1.19. The highest BCUT2D eigenvalue weighted by Gasteiger charge is 2.26. The number of aromatic nitrogens is 1. The molecule has 0 saturated carbocycles. The van der Waals surface area contributed by atoms with Crippen LogP contribution in [-0.2, 0) is 19.3 Å². The van der Waals surface area contributed by atoms with Crippen LogP contribution in [0, 0.1) is 5.92 Å². The summed E-state index contributed by atoms with van der Waals surface area (Å²) in [5, 5.41) is 0. The van der Waals surface area contributed by atoms with Gasteiger partial charge in [0.1, 0.15) is 0 Å². The van der Waals surface area contributed by atoms with E-state index in [4.69, 9.17) is 5.73 Å². The van der Waals surface area contributed by atoms with Gasteiger partial charge in [-0.1, -0.05) is 24.3 Å². The lowest BCUT2D eigenvalue weighted by Gasteiger charge is -2.18. The van der Waals surface area contributed by atoms with Gasteiger partial charge in [-0.2, -0.15) is 0 Å². The molecule has 0 amide bonds. The van der Waals surface area contributed by atoms with Crippen LogP contribution in [0.4, 0.5) is 0 Å². The topological polar surface area (TPSA) is 38.9 Å². The first-order valence-corrected chi connectivity index (χ1v) is 7.43. The molecule has 1 atom stereocenters. The molecule has 1 aromatic carbocycles. The highest BCUT2D eigenvalue weighted by Crippen LogP contribution is 2.29. The van der Waals surface area contributed by atoms with Gasteiger partial charge in [-0.25, -0.2) is 0 Å². The fourth-order valence-electron chi connectivity index (χ4n) is 2.90. The van der Waals surface area contributed by atoms with Crippen molar-refractivity contribution < 1.29 is 0 Å². The number of nitrogens with zero attached hydrogens (tertiary/aromatic N) is 1. The number of hydrogen-bond donors (Lipinski definition) is 1. The molecule has 3 rings (SSSR count). The quantitative estimate of drug-likeness (QED) is 0.944. The highest BCUT2D eigenvalue weighted by atomic mass is 79.9. The average molecular weight is 317 g/mol. The second kappa shape index (κ2) is 5.43. The van der Waals surface area contributed by atoms with Crippen LogP contribution in [0.3, 0.4) is 0 Å². The van der Waals surface area contributed by atoms with Gasteiger partial charge in [-0.3, -0.25) is 4.98 Å². The number of pyridine rings is 1. The Morgan fingerprint density at radius 1 is 1.21 bits per heavy atom. The number of rotatable bonds is 3. The first-order valence-electron chi connectivity index (χ1n) is 6.64. The average Bonchev–Trinajstić information content (AvgIpc) is 2.82. The highest BCUT2D eigenvalue weighted by molar-refractivity contribution is 9.10. The summed E-state index contributed by atoms with van der Waals surface area (Å²) in [7, 11) is 0. The molecule has 2 N–H and O–H groups in total. The zero-order chi connectivity index (χ0) is 13.2. The lowest BCUT2D eigenvalue weighted by atomic mass is 9.92. The van der Waals surface area contributed by atoms with Crippen molar-refractivity contribution >= 4 is 15.9 Å². The van der Waals surface area contributed by atoms with Crippen molar-refractivity contribution in [3.63, 3.8) is 0 Å². The lowest BCUT2D eigenvalue weighted by Crippen LogP contribution is -2.32. The lowest BCUT2D eigenvalue weighted by molar-refractivity contribution is 0.437. The molecular weight excluding hydrogens is 300 g/mol. The van der Waals surface area contributed by atoms with E-state index in [0.717, 1.165) is 23.7 Å². The van der Waals surface area contributed by atoms with E-state index in [-0.39, 0.29) is 6.04 Å². The zero-order valence-corrected chi connectivity index (χ0v) is 12.3. The SMILES string of the molecule is NC(Cc1cncc(Br)c1)C1Cc2ccccc2C1. The maximum Gasteiger partial charge on any atom is 0.0410 e. The number of nitrogens with two attached hydrogens (primary N) is 1. The summed E-state index contributed by atoms with van der Waals surface area (Å²) in [5.74, 6) is 0.552. The zero-order valence-electron chi connectivity index (χ0n) is 10.7. The maximum absolute atomic E-state index is 6.40. The van der Waals surface area contributed by atoms with E-state index in [0.29, 0.717) is 5.92 Å². The molecular formula is C16H17BrN2. The van der Waals surface area contributed by atoms with Gasteiger partial charge in [0.15, 0.2) is 0 Å². The summed E-state index contributed by atoms with van der Waals surface area (Å²) < 4.78 is 1.02. The first-order chi connectivity index (χ1) is 9.22. The Bertz CT molecular complexity index is 557. The molecule has 2 nitrogen and oxygen atoms in total. The smallest absolute Gasteiger partial charge is 0.0410 e. The Balaban J connectivity index is 1.68. The molecule has 2 aromatic rings. The van der Waals surface area contributed by atoms with Crippen LogP contribution in [0.2, 0.25) is 0 Å². The second-order valence-electron chi connectivity index (χ2n) is 5.32. The summed E-state index contributed by atoms with van der Waals surface area (Å²) in [6.45, 7) is 0. The maximum atomic E-state index is 6.40. The molecule has 0 aliphatic heterocycles. The van der Waals surface area contributed by atoms with E-state index in [1.54, 1.807) is 6.20 Å². The normalized spacial score (nSPS) is 16.3. The van der Waals surface area contributed by atoms with Gasteiger partial charge >= 0.3 is 0 Å². The number of fused-ring (bicyclic) bond motifs is 1. The van der Waals surface area contributed by atoms with Gasteiger partial charge in [0, 0.05) is 22.9 Å². The molecule has 1 aliphatic carbocycles. The molecule has 98 valence electrons. The molecule has 0 bridgehead atoms. The van der Waals surface area contributed by atoms with Gasteiger partial charge in [0.05, 0.1) is 0 Å². The summed E-state index contributed by atoms with van der Waals surface area (Å²) in [6.07, 6.45) is 6.83. The van der Waals surface area contributed by atoms with E-state index < -0.39 is 0 Å². The van der Waals surface area contributed by atoms with E-state index in [2.05, 4.69) is 51.2 Å².